The Morgan fingerprint density at radius 3 is 2.29 bits per heavy atom. The molecule has 2 aromatic rings. The molecule has 2 aliphatic rings. The third kappa shape index (κ3) is 3.88. The highest BCUT2D eigenvalue weighted by Gasteiger charge is 2.47. The minimum atomic E-state index is -3.86. The molecule has 0 unspecified atom stereocenters. The van der Waals surface area contributed by atoms with Crippen LogP contribution >= 0.6 is 11.6 Å². The lowest BCUT2D eigenvalue weighted by Gasteiger charge is -2.39. The van der Waals surface area contributed by atoms with E-state index in [1.165, 1.54) is 42.2 Å². The summed E-state index contributed by atoms with van der Waals surface area (Å²) in [4.78, 5) is 13.8. The number of amides is 1. The molecule has 0 spiro atoms. The van der Waals surface area contributed by atoms with Gasteiger partial charge in [-0.15, -0.1) is 0 Å². The highest BCUT2D eigenvalue weighted by atomic mass is 35.5. The molecule has 0 radical (unpaired) electrons. The van der Waals surface area contributed by atoms with E-state index < -0.39 is 20.4 Å². The van der Waals surface area contributed by atoms with Gasteiger partial charge in [0.15, 0.2) is 9.84 Å². The van der Waals surface area contributed by atoms with E-state index in [0.29, 0.717) is 10.6 Å². The van der Waals surface area contributed by atoms with Crippen molar-refractivity contribution >= 4 is 33.0 Å². The number of hydrogen-bond acceptors (Lipinski definition) is 4. The van der Waals surface area contributed by atoms with Crippen molar-refractivity contribution < 1.29 is 22.3 Å². The number of halogens is 2. The summed E-state index contributed by atoms with van der Waals surface area (Å²) in [6, 6.07) is 10.5. The molecule has 1 saturated carbocycles. The zero-order chi connectivity index (χ0) is 22.2. The van der Waals surface area contributed by atoms with E-state index in [-0.39, 0.29) is 48.6 Å². The lowest BCUT2D eigenvalue weighted by atomic mass is 9.88. The monoisotopic (exact) mass is 465 g/mol. The zero-order valence-electron chi connectivity index (χ0n) is 17.3. The van der Waals surface area contributed by atoms with Crippen LogP contribution in [0.15, 0.2) is 47.4 Å². The van der Waals surface area contributed by atoms with Crippen molar-refractivity contribution in [3.63, 3.8) is 0 Å². The van der Waals surface area contributed by atoms with Crippen molar-refractivity contribution in [1.82, 2.24) is 0 Å². The minimum Gasteiger partial charge on any atom is -0.381 e. The molecule has 1 amide bonds. The normalized spacial score (nSPS) is 18.9. The summed E-state index contributed by atoms with van der Waals surface area (Å²) in [6.45, 7) is 1.95. The zero-order valence-corrected chi connectivity index (χ0v) is 18.9. The number of nitrogens with zero attached hydrogens (tertiary/aromatic N) is 1. The Balaban J connectivity index is 1.79. The van der Waals surface area contributed by atoms with Crippen LogP contribution in [-0.4, -0.2) is 33.6 Å². The fraction of sp³-hybridized carbons (Fsp3) is 0.435. The second-order valence-electron chi connectivity index (χ2n) is 8.20. The maximum absolute atomic E-state index is 15.3. The summed E-state index contributed by atoms with van der Waals surface area (Å²) in [6.07, 6.45) is 3.13. The summed E-state index contributed by atoms with van der Waals surface area (Å²) in [7, 11) is -3.86. The molecule has 0 aromatic heterocycles. The second kappa shape index (κ2) is 8.52. The molecule has 4 rings (SSSR count). The lowest BCUT2D eigenvalue weighted by molar-refractivity contribution is -0.117. The van der Waals surface area contributed by atoms with E-state index in [1.807, 2.05) is 0 Å². The summed E-state index contributed by atoms with van der Waals surface area (Å²) in [5.41, 5.74) is 0.580. The van der Waals surface area contributed by atoms with Crippen LogP contribution in [0.25, 0.3) is 0 Å². The van der Waals surface area contributed by atoms with Crippen LogP contribution in [0.3, 0.4) is 0 Å². The summed E-state index contributed by atoms with van der Waals surface area (Å²) in [5, 5.41) is 0.440. The third-order valence-corrected chi connectivity index (χ3v) is 9.27. The molecular weight excluding hydrogens is 441 g/mol. The average Bonchev–Trinajstić information content (AvgIpc) is 2.71. The fourth-order valence-electron chi connectivity index (χ4n) is 4.51. The molecule has 8 heteroatoms. The van der Waals surface area contributed by atoms with Crippen molar-refractivity contribution in [2.45, 2.75) is 54.7 Å². The maximum Gasteiger partial charge on any atom is 0.224 e. The molecule has 1 aliphatic carbocycles. The van der Waals surface area contributed by atoms with E-state index in [2.05, 4.69) is 0 Å². The number of sulfone groups is 1. The number of ether oxygens (including phenoxy) is 1. The first-order chi connectivity index (χ1) is 14.8. The number of hydrogen-bond donors (Lipinski definition) is 0. The molecule has 31 heavy (non-hydrogen) atoms. The highest BCUT2D eigenvalue weighted by molar-refractivity contribution is 7.92. The van der Waals surface area contributed by atoms with Gasteiger partial charge in [-0.1, -0.05) is 17.7 Å². The first-order valence-electron chi connectivity index (χ1n) is 10.4. The Morgan fingerprint density at radius 1 is 1.13 bits per heavy atom. The van der Waals surface area contributed by atoms with Gasteiger partial charge < -0.3 is 9.64 Å². The average molecular weight is 466 g/mol. The predicted molar refractivity (Wildman–Crippen MR) is 118 cm³/mol. The van der Waals surface area contributed by atoms with Crippen LogP contribution in [0.4, 0.5) is 10.1 Å². The Bertz CT molecular complexity index is 1080. The molecule has 0 N–H and O–H groups in total. The van der Waals surface area contributed by atoms with E-state index in [9.17, 15) is 13.2 Å². The smallest absolute Gasteiger partial charge is 0.224 e. The van der Waals surface area contributed by atoms with Gasteiger partial charge in [0.05, 0.1) is 10.6 Å². The number of anilines is 1. The molecule has 0 atom stereocenters. The molecule has 166 valence electrons. The van der Waals surface area contributed by atoms with Crippen molar-refractivity contribution in [1.29, 1.82) is 0 Å². The van der Waals surface area contributed by atoms with Gasteiger partial charge in [0, 0.05) is 31.2 Å². The van der Waals surface area contributed by atoms with Crippen molar-refractivity contribution in [2.24, 2.45) is 0 Å². The van der Waals surface area contributed by atoms with Gasteiger partial charge >= 0.3 is 0 Å². The van der Waals surface area contributed by atoms with Crippen LogP contribution in [0, 0.1) is 5.82 Å². The topological polar surface area (TPSA) is 63.7 Å². The second-order valence-corrected chi connectivity index (χ2v) is 10.9. The number of rotatable bonds is 5. The Hall–Kier alpha value is -1.96. The molecule has 1 saturated heterocycles. The largest absolute Gasteiger partial charge is 0.381 e. The maximum atomic E-state index is 15.3. The van der Waals surface area contributed by atoms with Gasteiger partial charge in [-0.25, -0.2) is 12.8 Å². The van der Waals surface area contributed by atoms with E-state index >= 15 is 4.39 Å². The van der Waals surface area contributed by atoms with Crippen molar-refractivity contribution in [2.75, 3.05) is 18.1 Å². The molecule has 0 bridgehead atoms. The summed E-state index contributed by atoms with van der Waals surface area (Å²) in [5.74, 6) is -0.803. The van der Waals surface area contributed by atoms with Crippen LogP contribution in [0.1, 0.15) is 44.6 Å². The number of carbonyl (C=O) groups excluding carboxylic acids is 1. The number of benzene rings is 2. The molecule has 1 heterocycles. The number of carbonyl (C=O) groups is 1. The van der Waals surface area contributed by atoms with Crippen LogP contribution in [0.2, 0.25) is 5.02 Å². The van der Waals surface area contributed by atoms with Crippen molar-refractivity contribution in [3.8, 4) is 0 Å². The Morgan fingerprint density at radius 2 is 1.77 bits per heavy atom. The Kier molecular flexibility index (Phi) is 6.12. The van der Waals surface area contributed by atoms with E-state index in [1.54, 1.807) is 12.1 Å². The highest BCUT2D eigenvalue weighted by Crippen LogP contribution is 2.45. The van der Waals surface area contributed by atoms with Crippen molar-refractivity contribution in [3.05, 3.63) is 58.9 Å². The first kappa shape index (κ1) is 22.2. The fourth-order valence-corrected chi connectivity index (χ4v) is 6.72. The quantitative estimate of drug-likeness (QED) is 0.632. The predicted octanol–water partition coefficient (Wildman–Crippen LogP) is 4.86. The minimum absolute atomic E-state index is 0.00677. The van der Waals surface area contributed by atoms with Gasteiger partial charge in [0.25, 0.3) is 0 Å². The molecule has 5 nitrogen and oxygen atoms in total. The SMILES string of the molecule is CC(=O)N(c1ccc(C2(S(=O)(=O)c3ccc(Cl)cc3)CCOCC2)cc1F)C1CCC1. The standard InChI is InChI=1S/C23H25ClFNO4S/c1-16(27)26(19-3-2-4-19)22-10-5-17(15-21(22)25)23(11-13-30-14-12-23)31(28,29)20-8-6-18(24)7-9-20/h5-10,15,19H,2-4,11-14H2,1H3. The van der Waals surface area contributed by atoms with E-state index in [0.717, 1.165) is 19.3 Å². The van der Waals surface area contributed by atoms with Crippen LogP contribution < -0.4 is 4.90 Å². The molecule has 2 fully saturated rings. The first-order valence-corrected chi connectivity index (χ1v) is 12.3. The van der Waals surface area contributed by atoms with Gasteiger partial charge in [-0.3, -0.25) is 4.79 Å². The third-order valence-electron chi connectivity index (χ3n) is 6.45. The van der Waals surface area contributed by atoms with Gasteiger partial charge in [0.2, 0.25) is 5.91 Å². The van der Waals surface area contributed by atoms with Crippen LogP contribution in [-0.2, 0) is 24.1 Å². The summed E-state index contributed by atoms with van der Waals surface area (Å²) >= 11 is 5.94. The van der Waals surface area contributed by atoms with E-state index in [4.69, 9.17) is 16.3 Å². The van der Waals surface area contributed by atoms with Gasteiger partial charge in [-0.2, -0.15) is 0 Å². The summed E-state index contributed by atoms with van der Waals surface area (Å²) < 4.78 is 46.9. The molecule has 1 aliphatic heterocycles. The lowest BCUT2D eigenvalue weighted by Crippen LogP contribution is -2.44. The van der Waals surface area contributed by atoms with Gasteiger partial charge in [0.1, 0.15) is 10.6 Å². The van der Waals surface area contributed by atoms with Gasteiger partial charge in [-0.05, 0) is 74.1 Å². The van der Waals surface area contributed by atoms with Crippen LogP contribution in [0.5, 0.6) is 0 Å². The molecular formula is C23H25ClFNO4S. The molecule has 2 aromatic carbocycles. The Labute approximate surface area is 187 Å².